The van der Waals surface area contributed by atoms with Crippen LogP contribution in [-0.2, 0) is 6.54 Å². The number of hydrazone groups is 1. The van der Waals surface area contributed by atoms with E-state index in [1.54, 1.807) is 25.3 Å². The van der Waals surface area contributed by atoms with Gasteiger partial charge in [-0.05, 0) is 25.1 Å². The lowest BCUT2D eigenvalue weighted by molar-refractivity contribution is 0.602. The van der Waals surface area contributed by atoms with Crippen molar-refractivity contribution in [3.05, 3.63) is 76.5 Å². The van der Waals surface area contributed by atoms with Crippen LogP contribution < -0.4 is 11.3 Å². The summed E-state index contributed by atoms with van der Waals surface area (Å²) in [5.41, 5.74) is 5.01. The molecule has 3 N–H and O–H groups in total. The maximum atomic E-state index is 14.2. The van der Waals surface area contributed by atoms with E-state index in [2.05, 4.69) is 20.7 Å². The number of nitrogens with two attached hydrogens (primary N) is 1. The zero-order valence-corrected chi connectivity index (χ0v) is 15.7. The number of para-hydroxylation sites is 1. The van der Waals surface area contributed by atoms with E-state index in [0.29, 0.717) is 28.9 Å². The number of nitrogen functional groups attached to an aromatic ring is 1. The van der Waals surface area contributed by atoms with Crippen LogP contribution in [0.1, 0.15) is 17.0 Å². The van der Waals surface area contributed by atoms with Gasteiger partial charge in [0, 0.05) is 33.2 Å². The number of nitrogens with zero attached hydrogens (tertiary/aromatic N) is 5. The first-order chi connectivity index (χ1) is 13.5. The molecule has 0 aliphatic rings. The van der Waals surface area contributed by atoms with Gasteiger partial charge in [0.05, 0.1) is 12.8 Å². The molecule has 0 fully saturated rings. The predicted molar refractivity (Wildman–Crippen MR) is 109 cm³/mol. The fourth-order valence-corrected chi connectivity index (χ4v) is 3.19. The summed E-state index contributed by atoms with van der Waals surface area (Å²) in [4.78, 5) is 0. The molecule has 0 saturated heterocycles. The first-order valence-electron chi connectivity index (χ1n) is 8.51. The highest BCUT2D eigenvalue weighted by atomic mass is 35.5. The number of halogens is 2. The molecule has 7 nitrogen and oxygen atoms in total. The van der Waals surface area contributed by atoms with Gasteiger partial charge in [-0.3, -0.25) is 0 Å². The Kier molecular flexibility index (Phi) is 4.70. The van der Waals surface area contributed by atoms with Crippen LogP contribution in [0.2, 0.25) is 5.02 Å². The topological polar surface area (TPSA) is 86.0 Å². The van der Waals surface area contributed by atoms with Crippen molar-refractivity contribution in [2.75, 3.05) is 11.3 Å². The minimum absolute atomic E-state index is 0.309. The first-order valence-corrected chi connectivity index (χ1v) is 8.89. The molecule has 0 amide bonds. The smallest absolute Gasteiger partial charge is 0.263 e. The molecule has 9 heteroatoms. The molecule has 142 valence electrons. The van der Waals surface area contributed by atoms with Crippen molar-refractivity contribution in [3.8, 4) is 0 Å². The molecule has 0 radical (unpaired) electrons. The van der Waals surface area contributed by atoms with Gasteiger partial charge in [-0.2, -0.15) is 5.10 Å². The summed E-state index contributed by atoms with van der Waals surface area (Å²) in [7, 11) is 0. The van der Waals surface area contributed by atoms with Gasteiger partial charge in [-0.25, -0.2) is 14.5 Å². The number of anilines is 1. The Morgan fingerprint density at radius 1 is 1.21 bits per heavy atom. The van der Waals surface area contributed by atoms with Gasteiger partial charge in [0.15, 0.2) is 5.82 Å². The minimum Gasteiger partial charge on any atom is -0.342 e. The van der Waals surface area contributed by atoms with E-state index >= 15 is 0 Å². The molecule has 0 aliphatic carbocycles. The third-order valence-electron chi connectivity index (χ3n) is 4.44. The van der Waals surface area contributed by atoms with Crippen molar-refractivity contribution in [3.63, 3.8) is 0 Å². The van der Waals surface area contributed by atoms with Crippen LogP contribution in [-0.4, -0.2) is 25.7 Å². The number of hydrogen-bond acceptors (Lipinski definition) is 5. The van der Waals surface area contributed by atoms with Gasteiger partial charge in [0.2, 0.25) is 0 Å². The first kappa shape index (κ1) is 18.0. The summed E-state index contributed by atoms with van der Waals surface area (Å²) in [6, 6.07) is 12.5. The number of aromatic nitrogens is 4. The number of hydrogen-bond donors (Lipinski definition) is 2. The lowest BCUT2D eigenvalue weighted by Gasteiger charge is -2.08. The molecule has 0 atom stereocenters. The predicted octanol–water partition coefficient (Wildman–Crippen LogP) is 3.54. The van der Waals surface area contributed by atoms with Gasteiger partial charge < -0.3 is 10.4 Å². The van der Waals surface area contributed by atoms with Crippen molar-refractivity contribution in [2.45, 2.75) is 13.5 Å². The second kappa shape index (κ2) is 7.32. The molecule has 2 aromatic carbocycles. The quantitative estimate of drug-likeness (QED) is 0.306. The molecule has 0 aliphatic heterocycles. The zero-order chi connectivity index (χ0) is 19.7. The number of rotatable bonds is 5. The van der Waals surface area contributed by atoms with Crippen LogP contribution in [0.15, 0.2) is 53.8 Å². The highest BCUT2D eigenvalue weighted by Gasteiger charge is 2.12. The number of aryl methyl sites for hydroxylation is 1. The number of benzene rings is 2. The fraction of sp³-hybridized carbons (Fsp3) is 0.105. The summed E-state index contributed by atoms with van der Waals surface area (Å²) in [5, 5.41) is 13.3. The van der Waals surface area contributed by atoms with Crippen molar-refractivity contribution in [1.82, 2.24) is 19.4 Å². The molecule has 2 aromatic heterocycles. The third-order valence-corrected chi connectivity index (χ3v) is 4.80. The lowest BCUT2D eigenvalue weighted by atomic mass is 10.2. The van der Waals surface area contributed by atoms with Crippen molar-refractivity contribution < 1.29 is 4.39 Å². The summed E-state index contributed by atoms with van der Waals surface area (Å²) in [6.07, 6.45) is 3.56. The standard InChI is InChI=1S/C19H17ClFN7/c1-12-24-26-19(28(12)22)25-23-9-13-10-27(18-8-3-2-5-14(13)18)11-15-16(20)6-4-7-17(15)21/h2-10H,11,22H2,1H3,(H,25,26)/b23-9+. The Bertz CT molecular complexity index is 1160. The molecule has 4 rings (SSSR count). The van der Waals surface area contributed by atoms with Gasteiger partial charge in [0.1, 0.15) is 5.82 Å². The maximum absolute atomic E-state index is 14.2. The average Bonchev–Trinajstić information content (AvgIpc) is 3.20. The Balaban J connectivity index is 1.66. The SMILES string of the molecule is Cc1nnc(N/N=C/c2cn(Cc3c(F)cccc3Cl)c3ccccc23)n1N. The monoisotopic (exact) mass is 397 g/mol. The summed E-state index contributed by atoms with van der Waals surface area (Å²) in [6.45, 7) is 2.05. The molecular formula is C19H17ClFN7. The van der Waals surface area contributed by atoms with Crippen LogP contribution in [0.5, 0.6) is 0 Å². The molecule has 2 heterocycles. The van der Waals surface area contributed by atoms with Crippen LogP contribution in [0.25, 0.3) is 10.9 Å². The second-order valence-corrected chi connectivity index (χ2v) is 6.65. The van der Waals surface area contributed by atoms with Gasteiger partial charge in [-0.15, -0.1) is 10.2 Å². The Hall–Kier alpha value is -3.39. The lowest BCUT2D eigenvalue weighted by Crippen LogP contribution is -2.13. The Morgan fingerprint density at radius 2 is 2.04 bits per heavy atom. The highest BCUT2D eigenvalue weighted by molar-refractivity contribution is 6.31. The van der Waals surface area contributed by atoms with Crippen LogP contribution in [0.3, 0.4) is 0 Å². The average molecular weight is 398 g/mol. The van der Waals surface area contributed by atoms with E-state index in [1.165, 1.54) is 10.7 Å². The minimum atomic E-state index is -0.334. The van der Waals surface area contributed by atoms with E-state index in [-0.39, 0.29) is 5.82 Å². The van der Waals surface area contributed by atoms with E-state index in [1.807, 2.05) is 35.0 Å². The fourth-order valence-electron chi connectivity index (χ4n) is 2.97. The molecular weight excluding hydrogens is 381 g/mol. The van der Waals surface area contributed by atoms with E-state index in [0.717, 1.165) is 16.5 Å². The van der Waals surface area contributed by atoms with E-state index < -0.39 is 0 Å². The molecule has 4 aromatic rings. The Labute approximate surface area is 165 Å². The maximum Gasteiger partial charge on any atom is 0.263 e. The van der Waals surface area contributed by atoms with E-state index in [4.69, 9.17) is 17.4 Å². The molecule has 0 bridgehead atoms. The van der Waals surface area contributed by atoms with Crippen LogP contribution in [0.4, 0.5) is 10.3 Å². The molecule has 0 unspecified atom stereocenters. The van der Waals surface area contributed by atoms with Crippen molar-refractivity contribution >= 4 is 34.7 Å². The van der Waals surface area contributed by atoms with Gasteiger partial charge in [-0.1, -0.05) is 35.9 Å². The third kappa shape index (κ3) is 3.29. The Morgan fingerprint density at radius 3 is 2.79 bits per heavy atom. The zero-order valence-electron chi connectivity index (χ0n) is 15.0. The highest BCUT2D eigenvalue weighted by Crippen LogP contribution is 2.25. The van der Waals surface area contributed by atoms with Gasteiger partial charge >= 0.3 is 0 Å². The molecule has 28 heavy (non-hydrogen) atoms. The summed E-state index contributed by atoms with van der Waals surface area (Å²) in [5.74, 6) is 6.36. The normalized spacial score (nSPS) is 11.5. The van der Waals surface area contributed by atoms with Crippen molar-refractivity contribution in [2.24, 2.45) is 5.10 Å². The summed E-state index contributed by atoms with van der Waals surface area (Å²) >= 11 is 6.19. The molecule has 0 saturated carbocycles. The van der Waals surface area contributed by atoms with Gasteiger partial charge in [0.25, 0.3) is 5.95 Å². The second-order valence-electron chi connectivity index (χ2n) is 6.24. The number of fused-ring (bicyclic) bond motifs is 1. The summed E-state index contributed by atoms with van der Waals surface area (Å²) < 4.78 is 17.5. The van der Waals surface area contributed by atoms with Crippen molar-refractivity contribution in [1.29, 1.82) is 0 Å². The van der Waals surface area contributed by atoms with E-state index in [9.17, 15) is 4.39 Å². The van der Waals surface area contributed by atoms with Crippen LogP contribution in [0, 0.1) is 12.7 Å². The number of nitrogens with one attached hydrogen (secondary N) is 1. The molecule has 0 spiro atoms. The largest absolute Gasteiger partial charge is 0.342 e. The van der Waals surface area contributed by atoms with Crippen LogP contribution >= 0.6 is 11.6 Å².